The van der Waals surface area contributed by atoms with E-state index in [1.54, 1.807) is 13.0 Å². The summed E-state index contributed by atoms with van der Waals surface area (Å²) in [5.74, 6) is 5.37. The minimum atomic E-state index is -0.494. The maximum absolute atomic E-state index is 11.9. The number of ether oxygens (including phenoxy) is 1. The molecule has 0 saturated carbocycles. The molecule has 0 bridgehead atoms. The lowest BCUT2D eigenvalue weighted by molar-refractivity contribution is 0.0949. The molecule has 2 rings (SSSR count). The van der Waals surface area contributed by atoms with E-state index in [-0.39, 0.29) is 18.1 Å². The monoisotopic (exact) mass is 429 g/mol. The maximum atomic E-state index is 11.9. The highest BCUT2D eigenvalue weighted by Crippen LogP contribution is 2.29. The number of hydrogen-bond donors (Lipinski definition) is 3. The van der Waals surface area contributed by atoms with Crippen molar-refractivity contribution in [2.45, 2.75) is 13.5 Å². The number of aromatic nitrogens is 2. The number of hydrogen-bond acceptors (Lipinski definition) is 6. The number of benzene rings is 1. The standard InChI is InChI=1S/C13H13Br2N5O2/c1-6-11(12(21)20-17)9(19-13(16)18-6)5-22-10-3-2-7(14)4-8(10)15/h2-4H,5,17H2,1H3,(H,20,21)(H2,16,18,19). The van der Waals surface area contributed by atoms with Crippen molar-refractivity contribution in [3.05, 3.63) is 44.1 Å². The van der Waals surface area contributed by atoms with Crippen molar-refractivity contribution >= 4 is 43.7 Å². The van der Waals surface area contributed by atoms with Gasteiger partial charge >= 0.3 is 0 Å². The molecule has 0 radical (unpaired) electrons. The van der Waals surface area contributed by atoms with Crippen molar-refractivity contribution in [1.82, 2.24) is 15.4 Å². The van der Waals surface area contributed by atoms with Crippen LogP contribution in [0.5, 0.6) is 5.75 Å². The number of anilines is 1. The molecule has 0 atom stereocenters. The normalized spacial score (nSPS) is 10.4. The molecule has 0 aliphatic rings. The van der Waals surface area contributed by atoms with Gasteiger partial charge in [-0.1, -0.05) is 15.9 Å². The largest absolute Gasteiger partial charge is 0.486 e. The SMILES string of the molecule is Cc1nc(N)nc(COc2ccc(Br)cc2Br)c1C(=O)NN. The summed E-state index contributed by atoms with van der Waals surface area (Å²) in [5, 5.41) is 0. The van der Waals surface area contributed by atoms with Crippen molar-refractivity contribution < 1.29 is 9.53 Å². The lowest BCUT2D eigenvalue weighted by Crippen LogP contribution is -2.32. The number of carbonyl (C=O) groups excluding carboxylic acids is 1. The second-order valence-electron chi connectivity index (χ2n) is 4.33. The quantitative estimate of drug-likeness (QED) is 0.388. The predicted octanol–water partition coefficient (Wildman–Crippen LogP) is 2.07. The smallest absolute Gasteiger partial charge is 0.269 e. The van der Waals surface area contributed by atoms with Gasteiger partial charge in [-0.25, -0.2) is 15.8 Å². The van der Waals surface area contributed by atoms with Gasteiger partial charge in [0.25, 0.3) is 5.91 Å². The van der Waals surface area contributed by atoms with Crippen LogP contribution in [-0.4, -0.2) is 15.9 Å². The van der Waals surface area contributed by atoms with Crippen LogP contribution in [0.2, 0.25) is 0 Å². The van der Waals surface area contributed by atoms with E-state index < -0.39 is 5.91 Å². The number of amides is 1. The molecule has 1 aromatic heterocycles. The summed E-state index contributed by atoms with van der Waals surface area (Å²) in [7, 11) is 0. The summed E-state index contributed by atoms with van der Waals surface area (Å²) in [6.45, 7) is 1.71. The zero-order chi connectivity index (χ0) is 16.3. The third-order valence-corrected chi connectivity index (χ3v) is 3.91. The molecular weight excluding hydrogens is 418 g/mol. The van der Waals surface area contributed by atoms with Gasteiger partial charge in [-0.3, -0.25) is 10.2 Å². The fourth-order valence-corrected chi connectivity index (χ4v) is 3.03. The Hall–Kier alpha value is -1.71. The summed E-state index contributed by atoms with van der Waals surface area (Å²) in [6.07, 6.45) is 0. The topological polar surface area (TPSA) is 116 Å². The van der Waals surface area contributed by atoms with E-state index in [1.807, 2.05) is 12.1 Å². The molecule has 2 aromatic rings. The molecule has 0 aliphatic heterocycles. The molecule has 7 nitrogen and oxygen atoms in total. The zero-order valence-corrected chi connectivity index (χ0v) is 14.7. The predicted molar refractivity (Wildman–Crippen MR) is 89.0 cm³/mol. The first-order chi connectivity index (χ1) is 10.4. The number of aryl methyl sites for hydroxylation is 1. The fourth-order valence-electron chi connectivity index (χ4n) is 1.87. The number of hydrazine groups is 1. The number of halogens is 2. The highest BCUT2D eigenvalue weighted by Gasteiger charge is 2.18. The third kappa shape index (κ3) is 3.73. The Morgan fingerprint density at radius 1 is 1.36 bits per heavy atom. The third-order valence-electron chi connectivity index (χ3n) is 2.80. The first-order valence-electron chi connectivity index (χ1n) is 6.14. The van der Waals surface area contributed by atoms with Crippen molar-refractivity contribution in [2.75, 3.05) is 5.73 Å². The van der Waals surface area contributed by atoms with E-state index in [9.17, 15) is 4.79 Å². The second-order valence-corrected chi connectivity index (χ2v) is 6.10. The highest BCUT2D eigenvalue weighted by molar-refractivity contribution is 9.11. The molecule has 0 aliphatic carbocycles. The Labute approximate surface area is 143 Å². The molecule has 9 heteroatoms. The minimum Gasteiger partial charge on any atom is -0.486 e. The first kappa shape index (κ1) is 16.7. The Bertz CT molecular complexity index is 724. The average Bonchev–Trinajstić information content (AvgIpc) is 2.45. The molecule has 0 unspecified atom stereocenters. The van der Waals surface area contributed by atoms with Gasteiger partial charge in [0.2, 0.25) is 5.95 Å². The van der Waals surface area contributed by atoms with Crippen LogP contribution >= 0.6 is 31.9 Å². The molecule has 116 valence electrons. The number of nitrogen functional groups attached to an aromatic ring is 2. The van der Waals surface area contributed by atoms with Gasteiger partial charge in [0.05, 0.1) is 21.4 Å². The van der Waals surface area contributed by atoms with Crippen LogP contribution in [0.1, 0.15) is 21.7 Å². The fraction of sp³-hybridized carbons (Fsp3) is 0.154. The average molecular weight is 431 g/mol. The van der Waals surface area contributed by atoms with E-state index in [2.05, 4.69) is 47.3 Å². The summed E-state index contributed by atoms with van der Waals surface area (Å²) < 4.78 is 7.37. The molecule has 1 amide bonds. The Morgan fingerprint density at radius 2 is 2.09 bits per heavy atom. The van der Waals surface area contributed by atoms with Crippen molar-refractivity contribution in [1.29, 1.82) is 0 Å². The number of nitrogens with one attached hydrogen (secondary N) is 1. The molecule has 22 heavy (non-hydrogen) atoms. The van der Waals surface area contributed by atoms with Gasteiger partial charge in [0.1, 0.15) is 12.4 Å². The lowest BCUT2D eigenvalue weighted by Gasteiger charge is -2.13. The summed E-state index contributed by atoms with van der Waals surface area (Å²) in [4.78, 5) is 19.9. The van der Waals surface area contributed by atoms with Crippen molar-refractivity contribution in [3.63, 3.8) is 0 Å². The Kier molecular flexibility index (Phi) is 5.33. The van der Waals surface area contributed by atoms with Gasteiger partial charge in [-0.15, -0.1) is 0 Å². The van der Waals surface area contributed by atoms with Crippen molar-refractivity contribution in [3.8, 4) is 5.75 Å². The second kappa shape index (κ2) is 7.03. The van der Waals surface area contributed by atoms with Gasteiger partial charge in [-0.05, 0) is 41.1 Å². The van der Waals surface area contributed by atoms with E-state index in [4.69, 9.17) is 16.3 Å². The maximum Gasteiger partial charge on any atom is 0.269 e. The van der Waals surface area contributed by atoms with Crippen molar-refractivity contribution in [2.24, 2.45) is 5.84 Å². The number of nitrogens with two attached hydrogens (primary N) is 2. The Balaban J connectivity index is 2.30. The highest BCUT2D eigenvalue weighted by atomic mass is 79.9. The summed E-state index contributed by atoms with van der Waals surface area (Å²) >= 11 is 6.76. The molecule has 1 heterocycles. The van der Waals surface area contributed by atoms with Crippen LogP contribution in [0, 0.1) is 6.92 Å². The van der Waals surface area contributed by atoms with E-state index in [0.717, 1.165) is 8.95 Å². The van der Waals surface area contributed by atoms with Crippen LogP contribution in [-0.2, 0) is 6.61 Å². The van der Waals surface area contributed by atoms with E-state index in [1.165, 1.54) is 0 Å². The lowest BCUT2D eigenvalue weighted by atomic mass is 10.1. The van der Waals surface area contributed by atoms with Gasteiger partial charge < -0.3 is 10.5 Å². The Morgan fingerprint density at radius 3 is 2.73 bits per heavy atom. The molecule has 1 aromatic carbocycles. The summed E-state index contributed by atoms with van der Waals surface area (Å²) in [6, 6.07) is 5.48. The zero-order valence-electron chi connectivity index (χ0n) is 11.6. The van der Waals surface area contributed by atoms with E-state index in [0.29, 0.717) is 17.1 Å². The number of nitrogens with zero attached hydrogens (tertiary/aromatic N) is 2. The first-order valence-corrected chi connectivity index (χ1v) is 7.72. The van der Waals surface area contributed by atoms with E-state index >= 15 is 0 Å². The van der Waals surface area contributed by atoms with Crippen LogP contribution in [0.4, 0.5) is 5.95 Å². The van der Waals surface area contributed by atoms with Crippen LogP contribution in [0.15, 0.2) is 27.1 Å². The molecule has 0 fully saturated rings. The molecular formula is C13H13Br2N5O2. The summed E-state index contributed by atoms with van der Waals surface area (Å²) in [5.41, 5.74) is 8.75. The van der Waals surface area contributed by atoms with Gasteiger partial charge in [0, 0.05) is 4.47 Å². The minimum absolute atomic E-state index is 0.0521. The molecule has 0 saturated heterocycles. The van der Waals surface area contributed by atoms with Gasteiger partial charge in [0.15, 0.2) is 0 Å². The van der Waals surface area contributed by atoms with Crippen LogP contribution < -0.4 is 21.7 Å². The molecule has 0 spiro atoms. The van der Waals surface area contributed by atoms with Crippen LogP contribution in [0.3, 0.4) is 0 Å². The van der Waals surface area contributed by atoms with Crippen LogP contribution in [0.25, 0.3) is 0 Å². The number of rotatable bonds is 4. The van der Waals surface area contributed by atoms with Gasteiger partial charge in [-0.2, -0.15) is 0 Å². The number of carbonyl (C=O) groups is 1. The molecule has 5 N–H and O–H groups in total.